The largest absolute Gasteiger partial charge is 0.392 e. The van der Waals surface area contributed by atoms with Gasteiger partial charge in [-0.25, -0.2) is 0 Å². The van der Waals surface area contributed by atoms with Crippen molar-refractivity contribution in [2.75, 3.05) is 0 Å². The van der Waals surface area contributed by atoms with Gasteiger partial charge in [-0.2, -0.15) is 0 Å². The third-order valence-electron chi connectivity index (χ3n) is 2.65. The summed E-state index contributed by atoms with van der Waals surface area (Å²) in [6.07, 6.45) is 0. The Hall–Kier alpha value is -1.26. The molecule has 0 aliphatic heterocycles. The summed E-state index contributed by atoms with van der Waals surface area (Å²) in [6, 6.07) is 7.92. The highest BCUT2D eigenvalue weighted by atomic mass is 32.2. The minimum absolute atomic E-state index is 0.0831. The number of aryl methyl sites for hydroxylation is 2. The van der Waals surface area contributed by atoms with Gasteiger partial charge in [0.15, 0.2) is 0 Å². The third kappa shape index (κ3) is 2.90. The maximum absolute atomic E-state index is 9.07. The molecule has 0 unspecified atom stereocenters. The van der Waals surface area contributed by atoms with Crippen LogP contribution in [-0.2, 0) is 12.4 Å². The van der Waals surface area contributed by atoms with Gasteiger partial charge in [0.05, 0.1) is 12.3 Å². The highest BCUT2D eigenvalue weighted by Crippen LogP contribution is 2.26. The lowest BCUT2D eigenvalue weighted by Gasteiger charge is -2.03. The molecule has 0 atom stereocenters. The second-order valence-corrected chi connectivity index (χ2v) is 4.95. The molecule has 17 heavy (non-hydrogen) atoms. The maximum Gasteiger partial charge on any atom is 0.137 e. The molecule has 0 aliphatic rings. The highest BCUT2D eigenvalue weighted by Gasteiger charge is 2.09. The molecular formula is C13H15NO2S. The van der Waals surface area contributed by atoms with E-state index in [9.17, 15) is 0 Å². The van der Waals surface area contributed by atoms with Gasteiger partial charge in [-0.1, -0.05) is 17.3 Å². The number of thioether (sulfide) groups is 1. The molecule has 1 aromatic heterocycles. The molecule has 1 heterocycles. The number of aliphatic hydroxyl groups is 1. The molecule has 2 rings (SSSR count). The second-order valence-electron chi connectivity index (χ2n) is 3.90. The van der Waals surface area contributed by atoms with E-state index in [4.69, 9.17) is 9.63 Å². The van der Waals surface area contributed by atoms with Crippen LogP contribution in [0.4, 0.5) is 0 Å². The fourth-order valence-electron chi connectivity index (χ4n) is 1.60. The molecule has 0 radical (unpaired) electrons. The average Bonchev–Trinajstić information content (AvgIpc) is 2.67. The SMILES string of the molecule is Cc1noc(C)c1CSc1cccc(CO)c1. The Morgan fingerprint density at radius 3 is 2.82 bits per heavy atom. The quantitative estimate of drug-likeness (QED) is 0.846. The monoisotopic (exact) mass is 249 g/mol. The van der Waals surface area contributed by atoms with E-state index in [1.165, 1.54) is 0 Å². The highest BCUT2D eigenvalue weighted by molar-refractivity contribution is 7.98. The van der Waals surface area contributed by atoms with Crippen LogP contribution in [0.15, 0.2) is 33.7 Å². The third-order valence-corrected chi connectivity index (χ3v) is 3.67. The molecule has 3 nitrogen and oxygen atoms in total. The summed E-state index contributed by atoms with van der Waals surface area (Å²) < 4.78 is 5.13. The van der Waals surface area contributed by atoms with Crippen molar-refractivity contribution in [1.29, 1.82) is 0 Å². The summed E-state index contributed by atoms with van der Waals surface area (Å²) in [4.78, 5) is 1.15. The standard InChI is InChI=1S/C13H15NO2S/c1-9-13(10(2)16-14-9)8-17-12-5-3-4-11(6-12)7-15/h3-6,15H,7-8H2,1-2H3. The van der Waals surface area contributed by atoms with Crippen molar-refractivity contribution < 1.29 is 9.63 Å². The lowest BCUT2D eigenvalue weighted by atomic mass is 10.2. The van der Waals surface area contributed by atoms with E-state index in [0.29, 0.717) is 0 Å². The Balaban J connectivity index is 2.07. The Morgan fingerprint density at radius 1 is 1.35 bits per heavy atom. The smallest absolute Gasteiger partial charge is 0.137 e. The van der Waals surface area contributed by atoms with Crippen LogP contribution in [0.1, 0.15) is 22.6 Å². The van der Waals surface area contributed by atoms with Gasteiger partial charge in [0, 0.05) is 16.2 Å². The van der Waals surface area contributed by atoms with E-state index in [-0.39, 0.29) is 6.61 Å². The normalized spacial score (nSPS) is 10.8. The summed E-state index contributed by atoms with van der Waals surface area (Å²) in [5, 5.41) is 13.0. The predicted octanol–water partition coefficient (Wildman–Crippen LogP) is 3.08. The fourth-order valence-corrected chi connectivity index (χ4v) is 2.73. The maximum atomic E-state index is 9.07. The van der Waals surface area contributed by atoms with Crippen LogP contribution in [0.2, 0.25) is 0 Å². The predicted molar refractivity (Wildman–Crippen MR) is 67.9 cm³/mol. The van der Waals surface area contributed by atoms with Gasteiger partial charge in [0.25, 0.3) is 0 Å². The zero-order chi connectivity index (χ0) is 12.3. The minimum Gasteiger partial charge on any atom is -0.392 e. The molecule has 90 valence electrons. The van der Waals surface area contributed by atoms with Gasteiger partial charge in [0.1, 0.15) is 5.76 Å². The Bertz CT molecular complexity index is 488. The number of aromatic nitrogens is 1. The molecule has 4 heteroatoms. The van der Waals surface area contributed by atoms with Crippen molar-refractivity contribution in [2.45, 2.75) is 31.1 Å². The first-order chi connectivity index (χ1) is 8.20. The first-order valence-electron chi connectivity index (χ1n) is 5.45. The van der Waals surface area contributed by atoms with Crippen molar-refractivity contribution in [3.63, 3.8) is 0 Å². The number of hydrogen-bond donors (Lipinski definition) is 1. The first-order valence-corrected chi connectivity index (χ1v) is 6.43. The molecule has 0 spiro atoms. The van der Waals surface area contributed by atoms with Crippen LogP contribution in [0.3, 0.4) is 0 Å². The van der Waals surface area contributed by atoms with Crippen LogP contribution in [-0.4, -0.2) is 10.3 Å². The summed E-state index contributed by atoms with van der Waals surface area (Å²) >= 11 is 1.72. The topological polar surface area (TPSA) is 46.3 Å². The van der Waals surface area contributed by atoms with Crippen molar-refractivity contribution >= 4 is 11.8 Å². The van der Waals surface area contributed by atoms with E-state index in [0.717, 1.165) is 33.2 Å². The zero-order valence-corrected chi connectivity index (χ0v) is 10.8. The summed E-state index contributed by atoms with van der Waals surface area (Å²) in [6.45, 7) is 3.97. The number of rotatable bonds is 4. The van der Waals surface area contributed by atoms with Crippen molar-refractivity contribution in [3.8, 4) is 0 Å². The van der Waals surface area contributed by atoms with Crippen molar-refractivity contribution in [3.05, 3.63) is 46.8 Å². The minimum atomic E-state index is 0.0831. The summed E-state index contributed by atoms with van der Waals surface area (Å²) in [5.41, 5.74) is 3.05. The van der Waals surface area contributed by atoms with Crippen LogP contribution in [0, 0.1) is 13.8 Å². The van der Waals surface area contributed by atoms with Crippen LogP contribution >= 0.6 is 11.8 Å². The molecule has 0 amide bonds. The van der Waals surface area contributed by atoms with Gasteiger partial charge < -0.3 is 9.63 Å². The molecular weight excluding hydrogens is 234 g/mol. The number of nitrogens with zero attached hydrogens (tertiary/aromatic N) is 1. The summed E-state index contributed by atoms with van der Waals surface area (Å²) in [5.74, 6) is 1.73. The second kappa shape index (κ2) is 5.38. The summed E-state index contributed by atoms with van der Waals surface area (Å²) in [7, 11) is 0. The number of aliphatic hydroxyl groups excluding tert-OH is 1. The zero-order valence-electron chi connectivity index (χ0n) is 9.93. The van der Waals surface area contributed by atoms with Gasteiger partial charge >= 0.3 is 0 Å². The van der Waals surface area contributed by atoms with Gasteiger partial charge in [-0.15, -0.1) is 11.8 Å². The van der Waals surface area contributed by atoms with Crippen LogP contribution in [0.25, 0.3) is 0 Å². The molecule has 1 N–H and O–H groups in total. The first kappa shape index (κ1) is 12.2. The number of benzene rings is 1. The van der Waals surface area contributed by atoms with E-state index in [1.807, 2.05) is 38.1 Å². The van der Waals surface area contributed by atoms with Gasteiger partial charge in [0.2, 0.25) is 0 Å². The molecule has 0 fully saturated rings. The van der Waals surface area contributed by atoms with Crippen LogP contribution in [0.5, 0.6) is 0 Å². The lowest BCUT2D eigenvalue weighted by Crippen LogP contribution is -1.86. The van der Waals surface area contributed by atoms with Crippen LogP contribution < -0.4 is 0 Å². The average molecular weight is 249 g/mol. The Labute approximate surface area is 105 Å². The van der Waals surface area contributed by atoms with E-state index in [2.05, 4.69) is 5.16 Å². The molecule has 0 saturated heterocycles. The molecule has 0 saturated carbocycles. The molecule has 1 aromatic carbocycles. The lowest BCUT2D eigenvalue weighted by molar-refractivity contribution is 0.281. The van der Waals surface area contributed by atoms with Gasteiger partial charge in [-0.05, 0) is 31.5 Å². The number of hydrogen-bond acceptors (Lipinski definition) is 4. The van der Waals surface area contributed by atoms with E-state index >= 15 is 0 Å². The van der Waals surface area contributed by atoms with Crippen molar-refractivity contribution in [1.82, 2.24) is 5.16 Å². The fraction of sp³-hybridized carbons (Fsp3) is 0.308. The van der Waals surface area contributed by atoms with Crippen molar-refractivity contribution in [2.24, 2.45) is 0 Å². The van der Waals surface area contributed by atoms with E-state index < -0.39 is 0 Å². The molecule has 0 bridgehead atoms. The van der Waals surface area contributed by atoms with Gasteiger partial charge in [-0.3, -0.25) is 0 Å². The Kier molecular flexibility index (Phi) is 3.86. The molecule has 0 aliphatic carbocycles. The Morgan fingerprint density at radius 2 is 2.18 bits per heavy atom. The molecule has 2 aromatic rings. The van der Waals surface area contributed by atoms with E-state index in [1.54, 1.807) is 11.8 Å².